The van der Waals surface area contributed by atoms with E-state index in [1.54, 1.807) is 4.90 Å². The van der Waals surface area contributed by atoms with E-state index in [-0.39, 0.29) is 5.91 Å². The Labute approximate surface area is 120 Å². The van der Waals surface area contributed by atoms with Gasteiger partial charge in [0, 0.05) is 19.6 Å². The standard InChI is InChI=1S/C15H21ClN2O/c1-17-10-6-9-13(17)11-18(2)15(19)14(16)12-7-4-3-5-8-12/h3-5,7-8,13-14H,6,9-11H2,1-2H3. The molecule has 0 aliphatic carbocycles. The fourth-order valence-electron chi connectivity index (χ4n) is 2.57. The van der Waals surface area contributed by atoms with Crippen LogP contribution in [-0.4, -0.2) is 48.9 Å². The Morgan fingerprint density at radius 2 is 2.16 bits per heavy atom. The van der Waals surface area contributed by atoms with Crippen LogP contribution in [0.2, 0.25) is 0 Å². The zero-order chi connectivity index (χ0) is 13.8. The highest BCUT2D eigenvalue weighted by Crippen LogP contribution is 2.23. The summed E-state index contributed by atoms with van der Waals surface area (Å²) < 4.78 is 0. The molecule has 0 N–H and O–H groups in total. The van der Waals surface area contributed by atoms with Gasteiger partial charge in [-0.15, -0.1) is 11.6 Å². The minimum Gasteiger partial charge on any atom is -0.343 e. The number of likely N-dealkylation sites (tertiary alicyclic amines) is 1. The Balaban J connectivity index is 1.95. The predicted octanol–water partition coefficient (Wildman–Crippen LogP) is 2.52. The van der Waals surface area contributed by atoms with Crippen molar-refractivity contribution in [3.63, 3.8) is 0 Å². The SMILES string of the molecule is CN(CC1CCCN1C)C(=O)C(Cl)c1ccccc1. The van der Waals surface area contributed by atoms with E-state index >= 15 is 0 Å². The van der Waals surface area contributed by atoms with Gasteiger partial charge in [-0.05, 0) is 32.0 Å². The highest BCUT2D eigenvalue weighted by atomic mass is 35.5. The van der Waals surface area contributed by atoms with Gasteiger partial charge in [0.05, 0.1) is 0 Å². The third kappa shape index (κ3) is 3.48. The first-order valence-corrected chi connectivity index (χ1v) is 7.17. The number of amides is 1. The summed E-state index contributed by atoms with van der Waals surface area (Å²) in [6, 6.07) is 9.99. The number of nitrogens with zero attached hydrogens (tertiary/aromatic N) is 2. The predicted molar refractivity (Wildman–Crippen MR) is 78.3 cm³/mol. The molecular weight excluding hydrogens is 260 g/mol. The molecule has 4 heteroatoms. The second-order valence-electron chi connectivity index (χ2n) is 5.27. The van der Waals surface area contributed by atoms with Crippen LogP contribution >= 0.6 is 11.6 Å². The second-order valence-corrected chi connectivity index (χ2v) is 5.71. The van der Waals surface area contributed by atoms with Gasteiger partial charge in [-0.2, -0.15) is 0 Å². The number of carbonyl (C=O) groups excluding carboxylic acids is 1. The average molecular weight is 281 g/mol. The molecule has 0 spiro atoms. The lowest BCUT2D eigenvalue weighted by Gasteiger charge is -2.27. The van der Waals surface area contributed by atoms with E-state index in [1.165, 1.54) is 6.42 Å². The number of carbonyl (C=O) groups is 1. The Hall–Kier alpha value is -1.06. The van der Waals surface area contributed by atoms with Gasteiger partial charge >= 0.3 is 0 Å². The van der Waals surface area contributed by atoms with Crippen molar-refractivity contribution >= 4 is 17.5 Å². The van der Waals surface area contributed by atoms with Crippen LogP contribution in [-0.2, 0) is 4.79 Å². The molecule has 19 heavy (non-hydrogen) atoms. The van der Waals surface area contributed by atoms with Gasteiger partial charge in [0.15, 0.2) is 0 Å². The highest BCUT2D eigenvalue weighted by molar-refractivity contribution is 6.30. The summed E-state index contributed by atoms with van der Waals surface area (Å²) in [7, 11) is 3.96. The molecule has 2 unspecified atom stereocenters. The lowest BCUT2D eigenvalue weighted by atomic mass is 10.1. The third-order valence-electron chi connectivity index (χ3n) is 3.84. The van der Waals surface area contributed by atoms with E-state index in [2.05, 4.69) is 11.9 Å². The van der Waals surface area contributed by atoms with E-state index in [4.69, 9.17) is 11.6 Å². The maximum atomic E-state index is 12.3. The first kappa shape index (κ1) is 14.4. The van der Waals surface area contributed by atoms with Gasteiger partial charge in [-0.25, -0.2) is 0 Å². The minimum absolute atomic E-state index is 0.0202. The van der Waals surface area contributed by atoms with E-state index in [1.807, 2.05) is 37.4 Å². The topological polar surface area (TPSA) is 23.6 Å². The monoisotopic (exact) mass is 280 g/mol. The molecular formula is C15H21ClN2O. The lowest BCUT2D eigenvalue weighted by molar-refractivity contribution is -0.130. The molecule has 1 fully saturated rings. The molecule has 1 amide bonds. The number of hydrogen-bond acceptors (Lipinski definition) is 2. The van der Waals surface area contributed by atoms with Gasteiger partial charge in [-0.3, -0.25) is 4.79 Å². The van der Waals surface area contributed by atoms with Gasteiger partial charge < -0.3 is 9.80 Å². The molecule has 1 heterocycles. The Kier molecular flexibility index (Phi) is 4.83. The molecule has 0 saturated carbocycles. The van der Waals surface area contributed by atoms with E-state index < -0.39 is 5.38 Å². The van der Waals surface area contributed by atoms with Crippen LogP contribution in [0.5, 0.6) is 0 Å². The Bertz CT molecular complexity index is 423. The average Bonchev–Trinajstić information content (AvgIpc) is 2.83. The lowest BCUT2D eigenvalue weighted by Crippen LogP contribution is -2.40. The van der Waals surface area contributed by atoms with Crippen molar-refractivity contribution in [2.75, 3.05) is 27.2 Å². The molecule has 0 aromatic heterocycles. The van der Waals surface area contributed by atoms with Crippen molar-refractivity contribution in [2.24, 2.45) is 0 Å². The van der Waals surface area contributed by atoms with Crippen LogP contribution in [0.4, 0.5) is 0 Å². The maximum Gasteiger partial charge on any atom is 0.244 e. The van der Waals surface area contributed by atoms with Gasteiger partial charge in [0.2, 0.25) is 5.91 Å². The summed E-state index contributed by atoms with van der Waals surface area (Å²) in [4.78, 5) is 16.4. The summed E-state index contributed by atoms with van der Waals surface area (Å²) in [5, 5.41) is -0.585. The van der Waals surface area contributed by atoms with Crippen molar-refractivity contribution in [1.29, 1.82) is 0 Å². The smallest absolute Gasteiger partial charge is 0.244 e. The first-order valence-electron chi connectivity index (χ1n) is 6.74. The van der Waals surface area contributed by atoms with Crippen molar-refractivity contribution in [1.82, 2.24) is 9.80 Å². The number of rotatable bonds is 4. The van der Waals surface area contributed by atoms with E-state index in [0.717, 1.165) is 25.1 Å². The van der Waals surface area contributed by atoms with Crippen LogP contribution in [0.25, 0.3) is 0 Å². The third-order valence-corrected chi connectivity index (χ3v) is 4.28. The van der Waals surface area contributed by atoms with Crippen molar-refractivity contribution in [3.05, 3.63) is 35.9 Å². The fraction of sp³-hybridized carbons (Fsp3) is 0.533. The molecule has 1 aliphatic rings. The maximum absolute atomic E-state index is 12.3. The summed E-state index contributed by atoms with van der Waals surface area (Å²) in [5.41, 5.74) is 0.862. The zero-order valence-corrected chi connectivity index (χ0v) is 12.3. The number of halogens is 1. The van der Waals surface area contributed by atoms with Gasteiger partial charge in [0.25, 0.3) is 0 Å². The Morgan fingerprint density at radius 3 is 2.74 bits per heavy atom. The van der Waals surface area contributed by atoms with Crippen LogP contribution in [0.3, 0.4) is 0 Å². The molecule has 1 aromatic carbocycles. The van der Waals surface area contributed by atoms with Crippen molar-refractivity contribution < 1.29 is 4.79 Å². The van der Waals surface area contributed by atoms with E-state index in [0.29, 0.717) is 6.04 Å². The summed E-state index contributed by atoms with van der Waals surface area (Å²) >= 11 is 6.27. The van der Waals surface area contributed by atoms with Gasteiger partial charge in [0.1, 0.15) is 5.38 Å². The van der Waals surface area contributed by atoms with Crippen LogP contribution < -0.4 is 0 Å². The molecule has 0 bridgehead atoms. The van der Waals surface area contributed by atoms with Crippen molar-refractivity contribution in [2.45, 2.75) is 24.3 Å². The molecule has 104 valence electrons. The fourth-order valence-corrected chi connectivity index (χ4v) is 2.89. The Morgan fingerprint density at radius 1 is 1.47 bits per heavy atom. The highest BCUT2D eigenvalue weighted by Gasteiger charge is 2.27. The quantitative estimate of drug-likeness (QED) is 0.792. The van der Waals surface area contributed by atoms with E-state index in [9.17, 15) is 4.79 Å². The number of likely N-dealkylation sites (N-methyl/N-ethyl adjacent to an activating group) is 2. The number of hydrogen-bond donors (Lipinski definition) is 0. The molecule has 2 atom stereocenters. The van der Waals surface area contributed by atoms with Gasteiger partial charge in [-0.1, -0.05) is 30.3 Å². The largest absolute Gasteiger partial charge is 0.343 e. The van der Waals surface area contributed by atoms with Crippen LogP contribution in [0, 0.1) is 0 Å². The van der Waals surface area contributed by atoms with Crippen LogP contribution in [0.15, 0.2) is 30.3 Å². The number of alkyl halides is 1. The number of benzene rings is 1. The minimum atomic E-state index is -0.585. The molecule has 3 nitrogen and oxygen atoms in total. The first-order chi connectivity index (χ1) is 9.09. The zero-order valence-electron chi connectivity index (χ0n) is 11.6. The molecule has 0 radical (unpaired) electrons. The second kappa shape index (κ2) is 6.40. The molecule has 1 aliphatic heterocycles. The summed E-state index contributed by atoms with van der Waals surface area (Å²) in [6.07, 6.45) is 2.37. The summed E-state index contributed by atoms with van der Waals surface area (Å²) in [5.74, 6) is -0.0202. The summed E-state index contributed by atoms with van der Waals surface area (Å²) in [6.45, 7) is 1.88. The van der Waals surface area contributed by atoms with Crippen LogP contribution in [0.1, 0.15) is 23.8 Å². The molecule has 1 saturated heterocycles. The molecule has 2 rings (SSSR count). The normalized spacial score (nSPS) is 21.3. The van der Waals surface area contributed by atoms with Crippen molar-refractivity contribution in [3.8, 4) is 0 Å². The molecule has 1 aromatic rings.